The smallest absolute Gasteiger partial charge is 0.240 e. The van der Waals surface area contributed by atoms with Crippen LogP contribution in [0.4, 0.5) is 5.95 Å². The first-order valence-electron chi connectivity index (χ1n) is 7.77. The molecule has 0 aliphatic rings. The molecule has 4 nitrogen and oxygen atoms in total. The van der Waals surface area contributed by atoms with Crippen molar-refractivity contribution in [2.24, 2.45) is 0 Å². The fourth-order valence-electron chi connectivity index (χ4n) is 2.18. The monoisotopic (exact) mass is 316 g/mol. The molecular weight excluding hydrogens is 292 g/mol. The van der Waals surface area contributed by atoms with Gasteiger partial charge in [-0.1, -0.05) is 74.9 Å². The highest BCUT2D eigenvalue weighted by Gasteiger charge is 2.09. The normalized spacial score (nSPS) is 10.8. The van der Waals surface area contributed by atoms with Gasteiger partial charge in [-0.2, -0.15) is 4.98 Å². The van der Waals surface area contributed by atoms with Crippen molar-refractivity contribution in [3.05, 3.63) is 42.0 Å². The number of thioether (sulfide) groups is 1. The Labute approximate surface area is 136 Å². The molecule has 0 saturated carbocycles. The van der Waals surface area contributed by atoms with Gasteiger partial charge >= 0.3 is 0 Å². The molecule has 2 rings (SSSR count). The molecule has 0 aliphatic heterocycles. The summed E-state index contributed by atoms with van der Waals surface area (Å²) >= 11 is 1.74. The summed E-state index contributed by atoms with van der Waals surface area (Å²) in [5.41, 5.74) is 8.06. The zero-order valence-corrected chi connectivity index (χ0v) is 14.0. The van der Waals surface area contributed by atoms with Crippen LogP contribution in [0.3, 0.4) is 0 Å². The molecule has 2 aromatic rings. The summed E-state index contributed by atoms with van der Waals surface area (Å²) in [6, 6.07) is 8.29. The standard InChI is InChI=1S/C17H24N4S/c1-3-5-6-7-12-22-17-19-16(18)20-21(17)13-15-10-8-14(4-2)9-11-15/h4,8-11H,2-3,5-7,12-13H2,1H3,(H2,18,20). The predicted molar refractivity (Wildman–Crippen MR) is 94.9 cm³/mol. The lowest BCUT2D eigenvalue weighted by molar-refractivity contribution is 0.618. The lowest BCUT2D eigenvalue weighted by Crippen LogP contribution is -2.04. The highest BCUT2D eigenvalue weighted by Crippen LogP contribution is 2.20. The molecule has 0 unspecified atom stereocenters. The molecular formula is C17H24N4S. The minimum Gasteiger partial charge on any atom is -0.366 e. The van der Waals surface area contributed by atoms with E-state index in [4.69, 9.17) is 5.73 Å². The average molecular weight is 316 g/mol. The molecule has 0 spiro atoms. The van der Waals surface area contributed by atoms with Crippen molar-refractivity contribution in [2.45, 2.75) is 44.3 Å². The number of hydrogen-bond donors (Lipinski definition) is 1. The third kappa shape index (κ3) is 4.91. The molecule has 0 amide bonds. The Morgan fingerprint density at radius 2 is 2.00 bits per heavy atom. The van der Waals surface area contributed by atoms with E-state index in [1.54, 1.807) is 11.8 Å². The van der Waals surface area contributed by atoms with Crippen molar-refractivity contribution in [1.82, 2.24) is 14.8 Å². The highest BCUT2D eigenvalue weighted by molar-refractivity contribution is 7.99. The maximum Gasteiger partial charge on any atom is 0.240 e. The van der Waals surface area contributed by atoms with E-state index < -0.39 is 0 Å². The van der Waals surface area contributed by atoms with E-state index >= 15 is 0 Å². The topological polar surface area (TPSA) is 56.7 Å². The van der Waals surface area contributed by atoms with E-state index in [9.17, 15) is 0 Å². The Morgan fingerprint density at radius 3 is 2.68 bits per heavy atom. The maximum absolute atomic E-state index is 5.76. The van der Waals surface area contributed by atoms with Crippen LogP contribution in [-0.2, 0) is 6.54 Å². The van der Waals surface area contributed by atoms with E-state index in [1.165, 1.54) is 31.2 Å². The summed E-state index contributed by atoms with van der Waals surface area (Å²) in [5.74, 6) is 1.41. The van der Waals surface area contributed by atoms with Gasteiger partial charge in [0.1, 0.15) is 0 Å². The molecule has 1 heterocycles. The van der Waals surface area contributed by atoms with E-state index in [0.29, 0.717) is 12.5 Å². The number of nitrogen functional groups attached to an aromatic ring is 1. The van der Waals surface area contributed by atoms with Crippen LogP contribution < -0.4 is 5.73 Å². The third-order valence-corrected chi connectivity index (χ3v) is 4.48. The molecule has 5 heteroatoms. The van der Waals surface area contributed by atoms with Crippen LogP contribution in [-0.4, -0.2) is 20.5 Å². The second-order valence-electron chi connectivity index (χ2n) is 5.27. The van der Waals surface area contributed by atoms with Gasteiger partial charge in [0.05, 0.1) is 6.54 Å². The highest BCUT2D eigenvalue weighted by atomic mass is 32.2. The quantitative estimate of drug-likeness (QED) is 0.556. The van der Waals surface area contributed by atoms with Crippen LogP contribution in [0.2, 0.25) is 0 Å². The molecule has 22 heavy (non-hydrogen) atoms. The van der Waals surface area contributed by atoms with Gasteiger partial charge in [0.2, 0.25) is 5.95 Å². The molecule has 0 aliphatic carbocycles. The minimum absolute atomic E-state index is 0.346. The van der Waals surface area contributed by atoms with Crippen molar-refractivity contribution in [3.63, 3.8) is 0 Å². The number of hydrogen-bond acceptors (Lipinski definition) is 4. The summed E-state index contributed by atoms with van der Waals surface area (Å²) < 4.78 is 1.89. The van der Waals surface area contributed by atoms with Crippen LogP contribution in [0.5, 0.6) is 0 Å². The Kier molecular flexibility index (Phi) is 6.52. The van der Waals surface area contributed by atoms with Crippen molar-refractivity contribution in [2.75, 3.05) is 11.5 Å². The van der Waals surface area contributed by atoms with Crippen molar-refractivity contribution >= 4 is 23.8 Å². The number of rotatable bonds is 9. The summed E-state index contributed by atoms with van der Waals surface area (Å²) in [4.78, 5) is 4.33. The first-order valence-corrected chi connectivity index (χ1v) is 8.76. The summed E-state index contributed by atoms with van der Waals surface area (Å²) in [6.07, 6.45) is 6.88. The summed E-state index contributed by atoms with van der Waals surface area (Å²) in [7, 11) is 0. The van der Waals surface area contributed by atoms with Gasteiger partial charge in [0.25, 0.3) is 0 Å². The lowest BCUT2D eigenvalue weighted by Gasteiger charge is -2.06. The fourth-order valence-corrected chi connectivity index (χ4v) is 3.12. The first-order chi connectivity index (χ1) is 10.7. The Balaban J connectivity index is 1.96. The van der Waals surface area contributed by atoms with E-state index in [0.717, 1.165) is 16.5 Å². The number of nitrogens with two attached hydrogens (primary N) is 1. The minimum atomic E-state index is 0.346. The van der Waals surface area contributed by atoms with Crippen LogP contribution in [0.25, 0.3) is 6.08 Å². The summed E-state index contributed by atoms with van der Waals surface area (Å²) in [5, 5.41) is 5.21. The first kappa shape index (κ1) is 16.6. The van der Waals surface area contributed by atoms with Gasteiger partial charge in [-0.05, 0) is 17.5 Å². The SMILES string of the molecule is C=Cc1ccc(Cn2nc(N)nc2SCCCCCC)cc1. The molecule has 0 radical (unpaired) electrons. The number of anilines is 1. The van der Waals surface area contributed by atoms with Crippen LogP contribution in [0, 0.1) is 0 Å². The van der Waals surface area contributed by atoms with Gasteiger partial charge in [-0.15, -0.1) is 5.10 Å². The van der Waals surface area contributed by atoms with Gasteiger partial charge in [0.15, 0.2) is 5.16 Å². The molecule has 118 valence electrons. The molecule has 0 fully saturated rings. The van der Waals surface area contributed by atoms with Gasteiger partial charge in [0, 0.05) is 5.75 Å². The number of nitrogens with zero attached hydrogens (tertiary/aromatic N) is 3. The number of benzene rings is 1. The van der Waals surface area contributed by atoms with E-state index in [1.807, 2.05) is 10.8 Å². The average Bonchev–Trinajstić information content (AvgIpc) is 2.87. The Bertz CT molecular complexity index is 589. The van der Waals surface area contributed by atoms with Crippen LogP contribution in [0.1, 0.15) is 43.7 Å². The maximum atomic E-state index is 5.76. The zero-order chi connectivity index (χ0) is 15.8. The zero-order valence-electron chi connectivity index (χ0n) is 13.2. The number of aromatic nitrogens is 3. The fraction of sp³-hybridized carbons (Fsp3) is 0.412. The van der Waals surface area contributed by atoms with Gasteiger partial charge in [-0.25, -0.2) is 4.68 Å². The van der Waals surface area contributed by atoms with E-state index in [2.05, 4.69) is 47.9 Å². The second-order valence-corrected chi connectivity index (χ2v) is 6.33. The molecule has 0 saturated heterocycles. The Morgan fingerprint density at radius 1 is 1.23 bits per heavy atom. The largest absolute Gasteiger partial charge is 0.366 e. The van der Waals surface area contributed by atoms with Crippen LogP contribution >= 0.6 is 11.8 Å². The predicted octanol–water partition coefficient (Wildman–Crippen LogP) is 4.22. The lowest BCUT2D eigenvalue weighted by atomic mass is 10.1. The van der Waals surface area contributed by atoms with Crippen LogP contribution in [0.15, 0.2) is 36.0 Å². The second kappa shape index (κ2) is 8.63. The van der Waals surface area contributed by atoms with Crippen molar-refractivity contribution < 1.29 is 0 Å². The van der Waals surface area contributed by atoms with Crippen molar-refractivity contribution in [3.8, 4) is 0 Å². The van der Waals surface area contributed by atoms with Gasteiger partial charge in [-0.3, -0.25) is 0 Å². The molecule has 2 N–H and O–H groups in total. The molecule has 1 aromatic carbocycles. The third-order valence-electron chi connectivity index (χ3n) is 3.43. The van der Waals surface area contributed by atoms with Crippen molar-refractivity contribution in [1.29, 1.82) is 0 Å². The molecule has 1 aromatic heterocycles. The van der Waals surface area contributed by atoms with Gasteiger partial charge < -0.3 is 5.73 Å². The van der Waals surface area contributed by atoms with E-state index in [-0.39, 0.29) is 0 Å². The molecule has 0 bridgehead atoms. The number of unbranched alkanes of at least 4 members (excludes halogenated alkanes) is 3. The molecule has 0 atom stereocenters. The Hall–Kier alpha value is -1.75. The summed E-state index contributed by atoms with van der Waals surface area (Å²) in [6.45, 7) is 6.69.